The van der Waals surface area contributed by atoms with Gasteiger partial charge in [0.1, 0.15) is 11.6 Å². The molecule has 0 spiro atoms. The van der Waals surface area contributed by atoms with Gasteiger partial charge in [0.15, 0.2) is 16.4 Å². The zero-order valence-electron chi connectivity index (χ0n) is 14.7. The van der Waals surface area contributed by atoms with Gasteiger partial charge >= 0.3 is 0 Å². The van der Waals surface area contributed by atoms with Crippen LogP contribution in [0.1, 0.15) is 24.5 Å². The number of amides is 1. The number of nitrogens with one attached hydrogen (secondary N) is 1. The van der Waals surface area contributed by atoms with Crippen LogP contribution in [-0.2, 0) is 21.1 Å². The Morgan fingerprint density at radius 3 is 2.67 bits per heavy atom. The summed E-state index contributed by atoms with van der Waals surface area (Å²) in [5, 5.41) is 3.98. The summed E-state index contributed by atoms with van der Waals surface area (Å²) in [4.78, 5) is 12.0. The van der Waals surface area contributed by atoms with Gasteiger partial charge in [0.05, 0.1) is 16.4 Å². The summed E-state index contributed by atoms with van der Waals surface area (Å²) < 4.78 is 43.1. The first kappa shape index (κ1) is 19.0. The van der Waals surface area contributed by atoms with Gasteiger partial charge in [-0.15, -0.1) is 0 Å². The Balaban J connectivity index is 1.67. The summed E-state index contributed by atoms with van der Waals surface area (Å²) in [6.07, 6.45) is 1.01. The Kier molecular flexibility index (Phi) is 5.55. The minimum absolute atomic E-state index is 0.0235. The van der Waals surface area contributed by atoms with E-state index in [2.05, 4.69) is 10.5 Å². The van der Waals surface area contributed by atoms with E-state index in [1.54, 1.807) is 12.1 Å². The number of hydrazone groups is 1. The van der Waals surface area contributed by atoms with Crippen LogP contribution in [0.25, 0.3) is 0 Å². The number of nitrogens with zero attached hydrogens (tertiary/aromatic N) is 1. The molecule has 1 amide bonds. The summed E-state index contributed by atoms with van der Waals surface area (Å²) in [6, 6.07) is 10.8. The van der Waals surface area contributed by atoms with Crippen LogP contribution in [0.4, 0.5) is 4.39 Å². The van der Waals surface area contributed by atoms with Gasteiger partial charge in [0.25, 0.3) is 5.91 Å². The first-order valence-electron chi connectivity index (χ1n) is 8.49. The molecular weight excluding hydrogens is 371 g/mol. The second-order valence-corrected chi connectivity index (χ2v) is 8.17. The van der Waals surface area contributed by atoms with Gasteiger partial charge in [-0.1, -0.05) is 19.1 Å². The lowest BCUT2D eigenvalue weighted by Crippen LogP contribution is -2.28. The van der Waals surface area contributed by atoms with Crippen LogP contribution < -0.4 is 10.2 Å². The molecule has 1 aliphatic heterocycles. The Labute approximate surface area is 157 Å². The van der Waals surface area contributed by atoms with Crippen LogP contribution in [-0.4, -0.2) is 32.4 Å². The number of sulfone groups is 1. The highest BCUT2D eigenvalue weighted by Gasteiger charge is 2.28. The summed E-state index contributed by atoms with van der Waals surface area (Å²) >= 11 is 0. The van der Waals surface area contributed by atoms with E-state index in [9.17, 15) is 17.6 Å². The number of carbonyl (C=O) groups excluding carboxylic acids is 1. The molecule has 2 aromatic rings. The van der Waals surface area contributed by atoms with Crippen molar-refractivity contribution in [3.05, 3.63) is 59.4 Å². The minimum atomic E-state index is -3.47. The fourth-order valence-electron chi connectivity index (χ4n) is 2.72. The normalized spacial score (nSPS) is 16.6. The van der Waals surface area contributed by atoms with Crippen molar-refractivity contribution in [2.75, 3.05) is 12.4 Å². The zero-order valence-corrected chi connectivity index (χ0v) is 15.6. The van der Waals surface area contributed by atoms with Gasteiger partial charge in [0.2, 0.25) is 0 Å². The van der Waals surface area contributed by atoms with Gasteiger partial charge in [-0.2, -0.15) is 5.10 Å². The average molecular weight is 390 g/mol. The molecule has 0 bridgehead atoms. The van der Waals surface area contributed by atoms with Crippen molar-refractivity contribution in [1.82, 2.24) is 5.43 Å². The molecular formula is C19H19FN2O4S. The zero-order chi connectivity index (χ0) is 19.4. The lowest BCUT2D eigenvalue weighted by atomic mass is 10.1. The Morgan fingerprint density at radius 2 is 1.96 bits per heavy atom. The van der Waals surface area contributed by atoms with E-state index in [1.807, 2.05) is 19.1 Å². The summed E-state index contributed by atoms with van der Waals surface area (Å²) in [5.74, 6) is -0.635. The van der Waals surface area contributed by atoms with Crippen LogP contribution in [0.2, 0.25) is 0 Å². The third kappa shape index (κ3) is 4.51. The lowest BCUT2D eigenvalue weighted by molar-refractivity contribution is -0.123. The molecule has 0 aromatic heterocycles. The van der Waals surface area contributed by atoms with Gasteiger partial charge in [-0.3, -0.25) is 4.79 Å². The number of halogens is 1. The number of benzene rings is 2. The molecule has 1 aliphatic rings. The maximum atomic E-state index is 13.5. The van der Waals surface area contributed by atoms with E-state index in [4.69, 9.17) is 4.74 Å². The SMILES string of the molecule is CCc1ccc(OCC(=O)N/N=C2\CCS(=O)(=O)c3ccc(F)cc32)cc1. The quantitative estimate of drug-likeness (QED) is 0.628. The monoisotopic (exact) mass is 390 g/mol. The number of ether oxygens (including phenoxy) is 1. The Bertz CT molecular complexity index is 985. The first-order chi connectivity index (χ1) is 12.9. The van der Waals surface area contributed by atoms with Crippen LogP contribution in [0.3, 0.4) is 0 Å². The third-order valence-corrected chi connectivity index (χ3v) is 5.98. The Hall–Kier alpha value is -2.74. The lowest BCUT2D eigenvalue weighted by Gasteiger charge is -2.18. The van der Waals surface area contributed by atoms with E-state index in [-0.39, 0.29) is 29.2 Å². The van der Waals surface area contributed by atoms with Crippen LogP contribution in [0.15, 0.2) is 52.5 Å². The molecule has 0 atom stereocenters. The predicted molar refractivity (Wildman–Crippen MR) is 99.1 cm³/mol. The van der Waals surface area contributed by atoms with Crippen molar-refractivity contribution in [2.45, 2.75) is 24.7 Å². The fraction of sp³-hybridized carbons (Fsp3) is 0.263. The van der Waals surface area contributed by atoms with Crippen LogP contribution in [0, 0.1) is 5.82 Å². The largest absolute Gasteiger partial charge is 0.484 e. The number of hydrogen-bond acceptors (Lipinski definition) is 5. The molecule has 1 heterocycles. The molecule has 2 aromatic carbocycles. The molecule has 0 fully saturated rings. The van der Waals surface area contributed by atoms with Crippen LogP contribution in [0.5, 0.6) is 5.75 Å². The average Bonchev–Trinajstić information content (AvgIpc) is 2.66. The summed E-state index contributed by atoms with van der Waals surface area (Å²) in [7, 11) is -3.47. The summed E-state index contributed by atoms with van der Waals surface area (Å²) in [5.41, 5.74) is 4.00. The van der Waals surface area contributed by atoms with E-state index < -0.39 is 21.6 Å². The molecule has 6 nitrogen and oxygen atoms in total. The van der Waals surface area contributed by atoms with Crippen LogP contribution >= 0.6 is 0 Å². The molecule has 0 aliphatic carbocycles. The molecule has 0 radical (unpaired) electrons. The van der Waals surface area contributed by atoms with E-state index >= 15 is 0 Å². The van der Waals surface area contributed by atoms with Gasteiger partial charge < -0.3 is 4.74 Å². The maximum Gasteiger partial charge on any atom is 0.277 e. The fourth-order valence-corrected chi connectivity index (χ4v) is 4.19. The first-order valence-corrected chi connectivity index (χ1v) is 10.1. The van der Waals surface area contributed by atoms with Crippen molar-refractivity contribution < 1.29 is 22.3 Å². The molecule has 3 rings (SSSR count). The van der Waals surface area contributed by atoms with E-state index in [1.165, 1.54) is 6.07 Å². The topological polar surface area (TPSA) is 84.8 Å². The van der Waals surface area contributed by atoms with Crippen molar-refractivity contribution in [1.29, 1.82) is 0 Å². The summed E-state index contributed by atoms with van der Waals surface area (Å²) in [6.45, 7) is 1.81. The molecule has 142 valence electrons. The smallest absolute Gasteiger partial charge is 0.277 e. The number of aryl methyl sites for hydroxylation is 1. The standard InChI is InChI=1S/C19H19FN2O4S/c1-2-13-3-6-15(7-4-13)26-12-19(23)22-21-17-9-10-27(24,25)18-8-5-14(20)11-16(17)18/h3-8,11H,2,9-10,12H2,1H3,(H,22,23)/b21-17+. The number of fused-ring (bicyclic) bond motifs is 1. The number of rotatable bonds is 5. The predicted octanol–water partition coefficient (Wildman–Crippen LogP) is 2.46. The molecule has 8 heteroatoms. The van der Waals surface area contributed by atoms with E-state index in [0.29, 0.717) is 11.5 Å². The second-order valence-electron chi connectivity index (χ2n) is 6.09. The number of hydrogen-bond donors (Lipinski definition) is 1. The second kappa shape index (κ2) is 7.87. The molecule has 0 saturated carbocycles. The van der Waals surface area contributed by atoms with Gasteiger partial charge in [-0.05, 0) is 42.3 Å². The highest BCUT2D eigenvalue weighted by atomic mass is 32.2. The number of carbonyl (C=O) groups is 1. The molecule has 0 unspecified atom stereocenters. The van der Waals surface area contributed by atoms with Gasteiger partial charge in [-0.25, -0.2) is 18.2 Å². The van der Waals surface area contributed by atoms with Gasteiger partial charge in [0, 0.05) is 12.0 Å². The van der Waals surface area contributed by atoms with E-state index in [0.717, 1.165) is 24.1 Å². The highest BCUT2D eigenvalue weighted by molar-refractivity contribution is 7.91. The maximum absolute atomic E-state index is 13.5. The highest BCUT2D eigenvalue weighted by Crippen LogP contribution is 2.26. The third-order valence-electron chi connectivity index (χ3n) is 4.21. The molecule has 27 heavy (non-hydrogen) atoms. The van der Waals surface area contributed by atoms with Crippen molar-refractivity contribution in [3.8, 4) is 5.75 Å². The molecule has 1 N–H and O–H groups in total. The van der Waals surface area contributed by atoms with Crippen molar-refractivity contribution >= 4 is 21.5 Å². The van der Waals surface area contributed by atoms with Crippen molar-refractivity contribution in [3.63, 3.8) is 0 Å². The van der Waals surface area contributed by atoms with Crippen molar-refractivity contribution in [2.24, 2.45) is 5.10 Å². The molecule has 0 saturated heterocycles. The minimum Gasteiger partial charge on any atom is -0.484 e. The Morgan fingerprint density at radius 1 is 1.22 bits per heavy atom.